The smallest absolute Gasteiger partial charge is 0.322 e. The Balaban J connectivity index is 1.50. The van der Waals surface area contributed by atoms with Gasteiger partial charge in [-0.1, -0.05) is 13.0 Å². The Morgan fingerprint density at radius 1 is 1.32 bits per heavy atom. The average molecular weight is 419 g/mol. The van der Waals surface area contributed by atoms with Gasteiger partial charge in [-0.3, -0.25) is 19.9 Å². The molecule has 1 saturated heterocycles. The molecule has 2 aliphatic rings. The van der Waals surface area contributed by atoms with Gasteiger partial charge in [0.2, 0.25) is 0 Å². The Morgan fingerprint density at radius 3 is 2.82 bits per heavy atom. The molecule has 0 spiro atoms. The molecule has 0 bridgehead atoms. The first-order valence-corrected chi connectivity index (χ1v) is 11.0. The fourth-order valence-corrected chi connectivity index (χ4v) is 5.47. The number of hydrogen-bond donors (Lipinski definition) is 2. The van der Waals surface area contributed by atoms with Crippen LogP contribution in [0.25, 0.3) is 0 Å². The van der Waals surface area contributed by atoms with E-state index in [1.165, 1.54) is 15.3 Å². The van der Waals surface area contributed by atoms with Crippen molar-refractivity contribution in [2.45, 2.75) is 38.3 Å². The zero-order chi connectivity index (χ0) is 19.9. The van der Waals surface area contributed by atoms with E-state index in [2.05, 4.69) is 33.2 Å². The number of hydrogen-bond acceptors (Lipinski definition) is 6. The minimum absolute atomic E-state index is 0.0183. The number of nitrogens with one attached hydrogen (secondary N) is 2. The number of urea groups is 1. The van der Waals surface area contributed by atoms with Gasteiger partial charge in [-0.15, -0.1) is 22.7 Å². The molecule has 2 aromatic heterocycles. The number of fused-ring (bicyclic) bond motifs is 1. The van der Waals surface area contributed by atoms with Crippen LogP contribution in [0.3, 0.4) is 0 Å². The molecule has 0 aromatic carbocycles. The van der Waals surface area contributed by atoms with Crippen molar-refractivity contribution in [2.24, 2.45) is 0 Å². The summed E-state index contributed by atoms with van der Waals surface area (Å²) in [7, 11) is 0. The van der Waals surface area contributed by atoms with E-state index in [1.807, 2.05) is 18.4 Å². The molecule has 0 saturated carbocycles. The molecule has 2 unspecified atom stereocenters. The van der Waals surface area contributed by atoms with Crippen LogP contribution < -0.4 is 10.7 Å². The second-order valence-electron chi connectivity index (χ2n) is 7.23. The summed E-state index contributed by atoms with van der Waals surface area (Å²) in [5.41, 5.74) is 2.76. The van der Waals surface area contributed by atoms with Crippen molar-refractivity contribution in [3.05, 3.63) is 44.3 Å². The van der Waals surface area contributed by atoms with E-state index in [4.69, 9.17) is 0 Å². The average Bonchev–Trinajstić information content (AvgIpc) is 3.40. The summed E-state index contributed by atoms with van der Waals surface area (Å²) in [4.78, 5) is 42.0. The van der Waals surface area contributed by atoms with Gasteiger partial charge in [-0.25, -0.2) is 4.79 Å². The highest BCUT2D eigenvalue weighted by molar-refractivity contribution is 7.10. The van der Waals surface area contributed by atoms with Gasteiger partial charge in [0.25, 0.3) is 11.8 Å². The van der Waals surface area contributed by atoms with Gasteiger partial charge >= 0.3 is 6.03 Å². The largest absolute Gasteiger partial charge is 0.344 e. The van der Waals surface area contributed by atoms with E-state index in [0.29, 0.717) is 6.42 Å². The lowest BCUT2D eigenvalue weighted by molar-refractivity contribution is -0.139. The Kier molecular flexibility index (Phi) is 4.98. The third-order valence-corrected chi connectivity index (χ3v) is 7.35. The van der Waals surface area contributed by atoms with Crippen molar-refractivity contribution in [1.82, 2.24) is 20.7 Å². The van der Waals surface area contributed by atoms with E-state index in [1.54, 1.807) is 29.6 Å². The summed E-state index contributed by atoms with van der Waals surface area (Å²) >= 11 is 3.41. The van der Waals surface area contributed by atoms with Gasteiger partial charge in [-0.2, -0.15) is 5.01 Å². The summed E-state index contributed by atoms with van der Waals surface area (Å²) < 4.78 is 0. The molecule has 1 fully saturated rings. The summed E-state index contributed by atoms with van der Waals surface area (Å²) in [6, 6.07) is 5.65. The van der Waals surface area contributed by atoms with Crippen LogP contribution in [-0.4, -0.2) is 46.4 Å². The van der Waals surface area contributed by atoms with Gasteiger partial charge in [-0.05, 0) is 48.2 Å². The topological polar surface area (TPSA) is 81.8 Å². The number of hydrazine groups is 1. The predicted molar refractivity (Wildman–Crippen MR) is 108 cm³/mol. The maximum absolute atomic E-state index is 12.7. The first kappa shape index (κ1) is 19.1. The van der Waals surface area contributed by atoms with Crippen molar-refractivity contribution in [1.29, 1.82) is 0 Å². The number of imide groups is 1. The summed E-state index contributed by atoms with van der Waals surface area (Å²) in [5, 5.41) is 7.58. The van der Waals surface area contributed by atoms with Crippen molar-refractivity contribution in [2.75, 3.05) is 13.1 Å². The second kappa shape index (κ2) is 7.31. The summed E-state index contributed by atoms with van der Waals surface area (Å²) in [6.45, 7) is 4.34. The van der Waals surface area contributed by atoms with Gasteiger partial charge in [0.15, 0.2) is 0 Å². The quantitative estimate of drug-likeness (QED) is 0.731. The van der Waals surface area contributed by atoms with E-state index < -0.39 is 17.5 Å². The van der Waals surface area contributed by atoms with Gasteiger partial charge in [0.05, 0.1) is 12.6 Å². The Bertz CT molecular complexity index is 910. The first-order chi connectivity index (χ1) is 13.4. The van der Waals surface area contributed by atoms with Crippen LogP contribution in [0.1, 0.15) is 41.6 Å². The van der Waals surface area contributed by atoms with Gasteiger partial charge in [0, 0.05) is 16.3 Å². The van der Waals surface area contributed by atoms with Crippen LogP contribution >= 0.6 is 22.7 Å². The first-order valence-electron chi connectivity index (χ1n) is 9.23. The highest BCUT2D eigenvalue weighted by Gasteiger charge is 2.47. The maximum Gasteiger partial charge on any atom is 0.344 e. The molecular formula is C19H22N4O3S2. The summed E-state index contributed by atoms with van der Waals surface area (Å²) in [6.07, 6.45) is 1.34. The van der Waals surface area contributed by atoms with Crippen molar-refractivity contribution < 1.29 is 14.4 Å². The normalized spacial score (nSPS) is 24.9. The highest BCUT2D eigenvalue weighted by atomic mass is 32.1. The molecule has 4 heterocycles. The Hall–Kier alpha value is -2.23. The standard InChI is InChI=1S/C19H22N4O3S2/c1-3-19(2)17(25)23(18(26)20-19)21-15(24)11-22-8-6-13-12(7-10-28-13)16(22)14-5-4-9-27-14/h4-5,7,9-10,16H,3,6,8,11H2,1-2H3,(H,20,26)(H,21,24). The van der Waals surface area contributed by atoms with Crippen LogP contribution in [0.15, 0.2) is 29.0 Å². The lowest BCUT2D eigenvalue weighted by atomic mass is 9.98. The van der Waals surface area contributed by atoms with Crippen LogP contribution in [0.4, 0.5) is 4.79 Å². The highest BCUT2D eigenvalue weighted by Crippen LogP contribution is 2.39. The molecule has 4 amide bonds. The molecule has 148 valence electrons. The molecule has 9 heteroatoms. The van der Waals surface area contributed by atoms with Crippen molar-refractivity contribution in [3.8, 4) is 0 Å². The second-order valence-corrected chi connectivity index (χ2v) is 9.21. The van der Waals surface area contributed by atoms with Crippen LogP contribution in [-0.2, 0) is 16.0 Å². The van der Waals surface area contributed by atoms with Crippen LogP contribution in [0.2, 0.25) is 0 Å². The molecule has 0 radical (unpaired) electrons. The molecule has 7 nitrogen and oxygen atoms in total. The minimum atomic E-state index is -0.972. The molecule has 28 heavy (non-hydrogen) atoms. The third-order valence-electron chi connectivity index (χ3n) is 5.43. The molecule has 4 rings (SSSR count). The number of carbonyl (C=O) groups is 3. The zero-order valence-corrected chi connectivity index (χ0v) is 17.4. The molecule has 0 aliphatic carbocycles. The van der Waals surface area contributed by atoms with Gasteiger partial charge in [0.1, 0.15) is 5.54 Å². The number of thiophene rings is 2. The van der Waals surface area contributed by atoms with Crippen molar-refractivity contribution in [3.63, 3.8) is 0 Å². The number of rotatable bonds is 5. The van der Waals surface area contributed by atoms with E-state index in [-0.39, 0.29) is 18.5 Å². The predicted octanol–water partition coefficient (Wildman–Crippen LogP) is 2.51. The number of amides is 4. The Morgan fingerprint density at radius 2 is 2.14 bits per heavy atom. The number of nitrogens with zero attached hydrogens (tertiary/aromatic N) is 2. The minimum Gasteiger partial charge on any atom is -0.322 e. The Labute approximate surface area is 171 Å². The number of carbonyl (C=O) groups excluding carboxylic acids is 3. The summed E-state index contributed by atoms with van der Waals surface area (Å²) in [5.74, 6) is -0.800. The fraction of sp³-hybridized carbons (Fsp3) is 0.421. The van der Waals surface area contributed by atoms with Crippen LogP contribution in [0.5, 0.6) is 0 Å². The maximum atomic E-state index is 12.7. The monoisotopic (exact) mass is 418 g/mol. The fourth-order valence-electron chi connectivity index (χ4n) is 3.69. The lowest BCUT2D eigenvalue weighted by Crippen LogP contribution is -2.52. The molecule has 2 N–H and O–H groups in total. The molecule has 2 aromatic rings. The molecule has 2 atom stereocenters. The zero-order valence-electron chi connectivity index (χ0n) is 15.7. The molecular weight excluding hydrogens is 396 g/mol. The van der Waals surface area contributed by atoms with Crippen LogP contribution in [0, 0.1) is 0 Å². The molecule has 2 aliphatic heterocycles. The third kappa shape index (κ3) is 3.23. The van der Waals surface area contributed by atoms with E-state index >= 15 is 0 Å². The lowest BCUT2D eigenvalue weighted by Gasteiger charge is -2.35. The van der Waals surface area contributed by atoms with E-state index in [9.17, 15) is 14.4 Å². The van der Waals surface area contributed by atoms with Gasteiger partial charge < -0.3 is 5.32 Å². The van der Waals surface area contributed by atoms with E-state index in [0.717, 1.165) is 18.0 Å². The SMILES string of the molecule is CCC1(C)NC(=O)N(NC(=O)CN2CCc3sccc3C2c2cccs2)C1=O. The van der Waals surface area contributed by atoms with Crippen molar-refractivity contribution >= 4 is 40.5 Å².